The molecule has 1 aromatic heterocycles. The van der Waals surface area contributed by atoms with Crippen molar-refractivity contribution < 1.29 is 32.2 Å². The Morgan fingerprint density at radius 1 is 1.05 bits per heavy atom. The second kappa shape index (κ2) is 12.5. The van der Waals surface area contributed by atoms with Gasteiger partial charge >= 0.3 is 12.2 Å². The summed E-state index contributed by atoms with van der Waals surface area (Å²) in [7, 11) is 5.09. The number of hydrogen-bond donors (Lipinski definition) is 3. The number of nitrogens with one attached hydrogen (secondary N) is 3. The van der Waals surface area contributed by atoms with Crippen molar-refractivity contribution in [1.29, 1.82) is 0 Å². The Morgan fingerprint density at radius 2 is 1.79 bits per heavy atom. The molecule has 3 amide bonds. The molecular formula is C25H25ClF3N5O4. The van der Waals surface area contributed by atoms with Gasteiger partial charge in [-0.2, -0.15) is 13.2 Å². The first-order chi connectivity index (χ1) is 18.0. The predicted octanol–water partition coefficient (Wildman–Crippen LogP) is 5.49. The Labute approximate surface area is 221 Å². The number of carbonyl (C=O) groups excluding carboxylic acids is 2. The largest absolute Gasteiger partial charge is 0.490 e. The van der Waals surface area contributed by atoms with Crippen molar-refractivity contribution >= 4 is 34.9 Å². The standard InChI is InChI=1S/C25H25ClF3N5O4/c1-30-23(35)21-12-17(7-8-31-21)38-16-6-4-5-15(11-16)32-24(36)33-20-13-18(25(27,28)29)19(26)14-22(20)37-10-9-34(2)3/h4-8,11-14H,9-10H2,1-3H3,(H,30,35)(H2,32,33,36). The Bertz CT molecular complexity index is 1300. The van der Waals surface area contributed by atoms with E-state index in [-0.39, 0.29) is 29.6 Å². The first-order valence-corrected chi connectivity index (χ1v) is 11.6. The molecule has 0 bridgehead atoms. The number of hydrogen-bond acceptors (Lipinski definition) is 6. The highest BCUT2D eigenvalue weighted by Crippen LogP contribution is 2.40. The predicted molar refractivity (Wildman–Crippen MR) is 137 cm³/mol. The van der Waals surface area contributed by atoms with Gasteiger partial charge in [-0.05, 0) is 38.4 Å². The van der Waals surface area contributed by atoms with E-state index in [4.69, 9.17) is 21.1 Å². The van der Waals surface area contributed by atoms with Gasteiger partial charge in [0.05, 0.1) is 16.3 Å². The highest BCUT2D eigenvalue weighted by Gasteiger charge is 2.34. The van der Waals surface area contributed by atoms with Crippen LogP contribution in [0.4, 0.5) is 29.3 Å². The van der Waals surface area contributed by atoms with Gasteiger partial charge in [-0.3, -0.25) is 9.78 Å². The number of rotatable bonds is 9. The van der Waals surface area contributed by atoms with Crippen LogP contribution >= 0.6 is 11.6 Å². The molecule has 1 heterocycles. The van der Waals surface area contributed by atoms with Gasteiger partial charge in [-0.25, -0.2) is 4.79 Å². The Morgan fingerprint density at radius 3 is 2.47 bits per heavy atom. The van der Waals surface area contributed by atoms with E-state index in [0.29, 0.717) is 23.7 Å². The lowest BCUT2D eigenvalue weighted by Crippen LogP contribution is -2.22. The molecule has 3 aromatic rings. The van der Waals surface area contributed by atoms with Gasteiger partial charge in [0.1, 0.15) is 29.5 Å². The van der Waals surface area contributed by atoms with Crippen molar-refractivity contribution in [2.45, 2.75) is 6.18 Å². The molecule has 3 rings (SSSR count). The molecule has 202 valence electrons. The van der Waals surface area contributed by atoms with E-state index >= 15 is 0 Å². The van der Waals surface area contributed by atoms with E-state index in [1.165, 1.54) is 25.4 Å². The van der Waals surface area contributed by atoms with Crippen molar-refractivity contribution in [1.82, 2.24) is 15.2 Å². The number of ether oxygens (including phenoxy) is 2. The zero-order valence-corrected chi connectivity index (χ0v) is 21.4. The lowest BCUT2D eigenvalue weighted by molar-refractivity contribution is -0.137. The first kappa shape index (κ1) is 28.5. The molecule has 0 atom stereocenters. The molecule has 0 saturated heterocycles. The summed E-state index contributed by atoms with van der Waals surface area (Å²) in [5.41, 5.74) is -0.869. The molecular weight excluding hydrogens is 527 g/mol. The van der Waals surface area contributed by atoms with E-state index in [0.717, 1.165) is 12.1 Å². The van der Waals surface area contributed by atoms with Gasteiger partial charge in [-0.15, -0.1) is 0 Å². The minimum atomic E-state index is -4.73. The number of halogens is 4. The molecule has 38 heavy (non-hydrogen) atoms. The minimum Gasteiger partial charge on any atom is -0.490 e. The zero-order chi connectivity index (χ0) is 27.9. The maximum absolute atomic E-state index is 13.4. The Hall–Kier alpha value is -4.03. The Balaban J connectivity index is 1.76. The van der Waals surface area contributed by atoms with Gasteiger partial charge < -0.3 is 30.3 Å². The third kappa shape index (κ3) is 7.98. The van der Waals surface area contributed by atoms with Gasteiger partial charge in [0, 0.05) is 43.7 Å². The molecule has 0 aliphatic rings. The monoisotopic (exact) mass is 551 g/mol. The number of nitrogens with zero attached hydrogens (tertiary/aromatic N) is 2. The highest BCUT2D eigenvalue weighted by atomic mass is 35.5. The van der Waals surface area contributed by atoms with Crippen molar-refractivity contribution in [3.8, 4) is 17.2 Å². The van der Waals surface area contributed by atoms with Crippen molar-refractivity contribution in [2.24, 2.45) is 0 Å². The number of carbonyl (C=O) groups is 2. The van der Waals surface area contributed by atoms with Crippen LogP contribution in [0, 0.1) is 0 Å². The number of urea groups is 1. The fourth-order valence-electron chi connectivity index (χ4n) is 3.11. The van der Waals surface area contributed by atoms with Crippen LogP contribution in [0.15, 0.2) is 54.7 Å². The number of likely N-dealkylation sites (N-methyl/N-ethyl adjacent to an activating group) is 1. The summed E-state index contributed by atoms with van der Waals surface area (Å²) < 4.78 is 51.6. The summed E-state index contributed by atoms with van der Waals surface area (Å²) in [6.45, 7) is 0.639. The fraction of sp³-hybridized carbons (Fsp3) is 0.240. The molecule has 0 saturated carbocycles. The van der Waals surface area contributed by atoms with Crippen LogP contribution < -0.4 is 25.4 Å². The molecule has 9 nitrogen and oxygen atoms in total. The summed E-state index contributed by atoms with van der Waals surface area (Å²) in [5.74, 6) is 0.265. The second-order valence-electron chi connectivity index (χ2n) is 8.14. The fourth-order valence-corrected chi connectivity index (χ4v) is 3.37. The number of alkyl halides is 3. The SMILES string of the molecule is CNC(=O)c1cc(Oc2cccc(NC(=O)Nc3cc(C(F)(F)F)c(Cl)cc3OCCN(C)C)c2)ccn1. The van der Waals surface area contributed by atoms with Crippen molar-refractivity contribution in [3.05, 3.63) is 71.0 Å². The molecule has 0 aliphatic heterocycles. The number of pyridine rings is 1. The molecule has 0 unspecified atom stereocenters. The Kier molecular flexibility index (Phi) is 9.37. The number of anilines is 2. The number of amides is 3. The van der Waals surface area contributed by atoms with Crippen LogP contribution in [0.5, 0.6) is 17.2 Å². The van der Waals surface area contributed by atoms with Crippen LogP contribution in [0.25, 0.3) is 0 Å². The minimum absolute atomic E-state index is 0.0123. The van der Waals surface area contributed by atoms with Gasteiger partial charge in [0.2, 0.25) is 0 Å². The van der Waals surface area contributed by atoms with Crippen LogP contribution in [-0.2, 0) is 6.18 Å². The van der Waals surface area contributed by atoms with Crippen LogP contribution in [-0.4, -0.2) is 56.1 Å². The summed E-state index contributed by atoms with van der Waals surface area (Å²) in [4.78, 5) is 30.3. The van der Waals surface area contributed by atoms with Gasteiger partial charge in [0.15, 0.2) is 0 Å². The van der Waals surface area contributed by atoms with E-state index in [1.54, 1.807) is 24.3 Å². The molecule has 0 fully saturated rings. The van der Waals surface area contributed by atoms with Gasteiger partial charge in [0.25, 0.3) is 5.91 Å². The lowest BCUT2D eigenvalue weighted by Gasteiger charge is -2.18. The quantitative estimate of drug-likeness (QED) is 0.325. The second-order valence-corrected chi connectivity index (χ2v) is 8.55. The summed E-state index contributed by atoms with van der Waals surface area (Å²) >= 11 is 5.83. The number of aromatic nitrogens is 1. The molecule has 3 N–H and O–H groups in total. The molecule has 2 aromatic carbocycles. The first-order valence-electron chi connectivity index (χ1n) is 11.2. The number of benzene rings is 2. The van der Waals surface area contributed by atoms with E-state index in [2.05, 4.69) is 20.9 Å². The van der Waals surface area contributed by atoms with Gasteiger partial charge in [-0.1, -0.05) is 17.7 Å². The van der Waals surface area contributed by atoms with Crippen LogP contribution in [0.1, 0.15) is 16.1 Å². The molecule has 0 spiro atoms. The lowest BCUT2D eigenvalue weighted by atomic mass is 10.1. The van der Waals surface area contributed by atoms with Crippen molar-refractivity contribution in [3.63, 3.8) is 0 Å². The summed E-state index contributed by atoms with van der Waals surface area (Å²) in [5, 5.41) is 6.85. The summed E-state index contributed by atoms with van der Waals surface area (Å²) in [6.07, 6.45) is -3.32. The average molecular weight is 552 g/mol. The maximum atomic E-state index is 13.4. The zero-order valence-electron chi connectivity index (χ0n) is 20.6. The highest BCUT2D eigenvalue weighted by molar-refractivity contribution is 6.31. The van der Waals surface area contributed by atoms with E-state index in [1.807, 2.05) is 19.0 Å². The normalized spacial score (nSPS) is 11.2. The van der Waals surface area contributed by atoms with Crippen LogP contribution in [0.2, 0.25) is 5.02 Å². The smallest absolute Gasteiger partial charge is 0.417 e. The maximum Gasteiger partial charge on any atom is 0.417 e. The van der Waals surface area contributed by atoms with E-state index in [9.17, 15) is 22.8 Å². The van der Waals surface area contributed by atoms with Crippen molar-refractivity contribution in [2.75, 3.05) is 44.9 Å². The topological polar surface area (TPSA) is 105 Å². The average Bonchev–Trinajstić information content (AvgIpc) is 2.84. The molecule has 13 heteroatoms. The third-order valence-corrected chi connectivity index (χ3v) is 5.25. The molecule has 0 aliphatic carbocycles. The van der Waals surface area contributed by atoms with E-state index < -0.39 is 22.8 Å². The van der Waals surface area contributed by atoms with Crippen LogP contribution in [0.3, 0.4) is 0 Å². The summed E-state index contributed by atoms with van der Waals surface area (Å²) in [6, 6.07) is 10.2. The molecule has 0 radical (unpaired) electrons. The third-order valence-electron chi connectivity index (χ3n) is 4.94.